The van der Waals surface area contributed by atoms with Gasteiger partial charge in [0.25, 0.3) is 0 Å². The fourth-order valence-corrected chi connectivity index (χ4v) is 2.37. The molecular formula is C18H36ClHgNO. The monoisotopic (exact) mass is 519 g/mol. The Morgan fingerprint density at radius 1 is 0.773 bits per heavy atom. The average Bonchev–Trinajstić information content (AvgIpc) is 2.43. The van der Waals surface area contributed by atoms with E-state index in [-0.39, 0.29) is 46.0 Å². The molecule has 0 aromatic heterocycles. The zero-order valence-corrected chi connectivity index (χ0v) is 21.0. The predicted octanol–water partition coefficient (Wildman–Crippen LogP) is 5.93. The second-order valence-corrected chi connectivity index (χ2v) is 5.80. The van der Waals surface area contributed by atoms with Crippen molar-refractivity contribution in [3.63, 3.8) is 0 Å². The molecule has 128 valence electrons. The molecule has 0 aliphatic heterocycles. The Labute approximate surface area is 165 Å². The van der Waals surface area contributed by atoms with Crippen LogP contribution in [0.1, 0.15) is 96.8 Å². The molecule has 2 nitrogen and oxygen atoms in total. The van der Waals surface area contributed by atoms with Gasteiger partial charge in [0.15, 0.2) is 0 Å². The van der Waals surface area contributed by atoms with E-state index in [0.29, 0.717) is 6.42 Å². The third-order valence-electron chi connectivity index (χ3n) is 3.68. The molecule has 0 spiro atoms. The number of hydrogen-bond acceptors (Lipinski definition) is 1. The summed E-state index contributed by atoms with van der Waals surface area (Å²) in [5.74, 6) is -0.164. The van der Waals surface area contributed by atoms with Crippen molar-refractivity contribution in [3.05, 3.63) is 12.2 Å². The number of allylic oxidation sites excluding steroid dienone is 2. The summed E-state index contributed by atoms with van der Waals surface area (Å²) in [7, 11) is 0. The van der Waals surface area contributed by atoms with E-state index in [0.717, 1.165) is 12.8 Å². The van der Waals surface area contributed by atoms with E-state index < -0.39 is 0 Å². The normalized spacial score (nSPS) is 10.2. The first-order chi connectivity index (χ1) is 9.77. The fourth-order valence-electron chi connectivity index (χ4n) is 2.37. The molecule has 0 aromatic carbocycles. The molecule has 0 aliphatic rings. The van der Waals surface area contributed by atoms with E-state index in [1.165, 1.54) is 70.6 Å². The van der Waals surface area contributed by atoms with Crippen molar-refractivity contribution in [3.8, 4) is 0 Å². The van der Waals surface area contributed by atoms with Crippen molar-refractivity contribution in [1.82, 2.24) is 0 Å². The van der Waals surface area contributed by atoms with Crippen LogP contribution in [0.15, 0.2) is 12.2 Å². The number of unbranched alkanes of at least 4 members (excludes halogenated alkanes) is 11. The van der Waals surface area contributed by atoms with Gasteiger partial charge in [-0.15, -0.1) is 12.4 Å². The third kappa shape index (κ3) is 25.4. The van der Waals surface area contributed by atoms with Crippen LogP contribution in [-0.2, 0) is 32.5 Å². The van der Waals surface area contributed by atoms with Gasteiger partial charge in [0.2, 0.25) is 5.91 Å². The Balaban J connectivity index is -0.00000180. The minimum Gasteiger partial charge on any atom is -0.370 e. The summed E-state index contributed by atoms with van der Waals surface area (Å²) in [4.78, 5) is 10.5. The van der Waals surface area contributed by atoms with Gasteiger partial charge in [0, 0.05) is 34.1 Å². The van der Waals surface area contributed by atoms with Crippen molar-refractivity contribution in [2.24, 2.45) is 5.73 Å². The van der Waals surface area contributed by atoms with Crippen LogP contribution in [0.2, 0.25) is 0 Å². The maximum Gasteiger partial charge on any atom is 0.217 e. The summed E-state index contributed by atoms with van der Waals surface area (Å²) < 4.78 is 0. The molecule has 0 atom stereocenters. The van der Waals surface area contributed by atoms with Gasteiger partial charge < -0.3 is 5.73 Å². The van der Waals surface area contributed by atoms with Gasteiger partial charge in [-0.05, 0) is 32.1 Å². The number of nitrogens with two attached hydrogens (primary N) is 1. The standard InChI is InChI=1S/C18H35NO.ClH.Hg/c1-2-3-4-5-6-7-8-9-10-11-12-13-14-15-16-17-18(19)20;;/h9-10H,2-8,11-17H2,1H3,(H2,19,20);1H;/b10-9-;;. The quantitative estimate of drug-likeness (QED) is 0.163. The number of amides is 1. The molecule has 0 aliphatic carbocycles. The molecule has 1 amide bonds. The minimum atomic E-state index is -0.164. The first-order valence-electron chi connectivity index (χ1n) is 8.70. The van der Waals surface area contributed by atoms with Crippen LogP contribution in [0.4, 0.5) is 0 Å². The van der Waals surface area contributed by atoms with Crippen LogP contribution in [0.25, 0.3) is 0 Å². The summed E-state index contributed by atoms with van der Waals surface area (Å²) in [6.07, 6.45) is 21.9. The maximum atomic E-state index is 10.5. The number of rotatable bonds is 15. The van der Waals surface area contributed by atoms with Gasteiger partial charge in [0.1, 0.15) is 0 Å². The van der Waals surface area contributed by atoms with Crippen molar-refractivity contribution < 1.29 is 32.5 Å². The topological polar surface area (TPSA) is 43.1 Å². The summed E-state index contributed by atoms with van der Waals surface area (Å²) in [6.45, 7) is 2.26. The Hall–Kier alpha value is 0.435. The molecule has 0 radical (unpaired) electrons. The van der Waals surface area contributed by atoms with Gasteiger partial charge in [-0.2, -0.15) is 0 Å². The van der Waals surface area contributed by atoms with Gasteiger partial charge in [0.05, 0.1) is 0 Å². The van der Waals surface area contributed by atoms with E-state index in [9.17, 15) is 4.79 Å². The first-order valence-corrected chi connectivity index (χ1v) is 8.70. The SMILES string of the molecule is CCCCCCCC/C=C\CCCCCCCC(N)=O.Cl.[Hg]. The Kier molecular flexibility index (Phi) is 29.4. The van der Waals surface area contributed by atoms with Gasteiger partial charge in [-0.3, -0.25) is 4.79 Å². The van der Waals surface area contributed by atoms with Crippen molar-refractivity contribution in [1.29, 1.82) is 0 Å². The molecule has 2 N–H and O–H groups in total. The molecule has 0 rings (SSSR count). The predicted molar refractivity (Wildman–Crippen MR) is 95.9 cm³/mol. The molecule has 0 bridgehead atoms. The van der Waals surface area contributed by atoms with E-state index in [2.05, 4.69) is 19.1 Å². The van der Waals surface area contributed by atoms with Crippen molar-refractivity contribution in [2.75, 3.05) is 0 Å². The number of hydrogen-bond donors (Lipinski definition) is 1. The summed E-state index contributed by atoms with van der Waals surface area (Å²) >= 11 is 0. The van der Waals surface area contributed by atoms with E-state index in [1.54, 1.807) is 0 Å². The minimum absolute atomic E-state index is 0. The maximum absolute atomic E-state index is 10.5. The van der Waals surface area contributed by atoms with Crippen LogP contribution in [0, 0.1) is 0 Å². The molecule has 0 fully saturated rings. The van der Waals surface area contributed by atoms with E-state index in [4.69, 9.17) is 5.73 Å². The van der Waals surface area contributed by atoms with Crippen molar-refractivity contribution in [2.45, 2.75) is 96.8 Å². The third-order valence-corrected chi connectivity index (χ3v) is 3.68. The number of primary amides is 1. The van der Waals surface area contributed by atoms with Gasteiger partial charge >= 0.3 is 0 Å². The van der Waals surface area contributed by atoms with Crippen LogP contribution in [0.5, 0.6) is 0 Å². The van der Waals surface area contributed by atoms with Crippen LogP contribution >= 0.6 is 12.4 Å². The molecule has 0 aromatic rings. The van der Waals surface area contributed by atoms with Crippen molar-refractivity contribution >= 4 is 18.3 Å². The second kappa shape index (κ2) is 23.7. The average molecular weight is 519 g/mol. The molecule has 0 heterocycles. The molecule has 0 saturated heterocycles. The Morgan fingerprint density at radius 2 is 1.18 bits per heavy atom. The molecule has 0 unspecified atom stereocenters. The molecule has 4 heteroatoms. The largest absolute Gasteiger partial charge is 0.370 e. The van der Waals surface area contributed by atoms with E-state index in [1.807, 2.05) is 0 Å². The number of carbonyl (C=O) groups excluding carboxylic acids is 1. The zero-order valence-electron chi connectivity index (χ0n) is 14.7. The Bertz CT molecular complexity index is 247. The fraction of sp³-hybridized carbons (Fsp3) is 0.833. The first kappa shape index (κ1) is 27.3. The van der Waals surface area contributed by atoms with Crippen LogP contribution < -0.4 is 5.73 Å². The molecular weight excluding hydrogens is 482 g/mol. The van der Waals surface area contributed by atoms with Gasteiger partial charge in [-0.1, -0.05) is 70.4 Å². The van der Waals surface area contributed by atoms with Crippen LogP contribution in [0.3, 0.4) is 0 Å². The second-order valence-electron chi connectivity index (χ2n) is 5.80. The smallest absolute Gasteiger partial charge is 0.217 e. The Morgan fingerprint density at radius 3 is 1.64 bits per heavy atom. The van der Waals surface area contributed by atoms with Gasteiger partial charge in [-0.25, -0.2) is 0 Å². The number of carbonyl (C=O) groups is 1. The summed E-state index contributed by atoms with van der Waals surface area (Å²) in [5, 5.41) is 0. The zero-order chi connectivity index (χ0) is 14.9. The van der Waals surface area contributed by atoms with Crippen LogP contribution in [-0.4, -0.2) is 5.91 Å². The summed E-state index contributed by atoms with van der Waals surface area (Å²) in [5.41, 5.74) is 5.10. The number of halogens is 1. The molecule has 22 heavy (non-hydrogen) atoms. The van der Waals surface area contributed by atoms with E-state index >= 15 is 0 Å². The summed E-state index contributed by atoms with van der Waals surface area (Å²) in [6, 6.07) is 0. The molecule has 0 saturated carbocycles.